The first-order chi connectivity index (χ1) is 9.10. The van der Waals surface area contributed by atoms with Crippen LogP contribution in [-0.4, -0.2) is 26.4 Å². The Bertz CT molecular complexity index is 661. The maximum atomic E-state index is 12.2. The first-order valence-electron chi connectivity index (χ1n) is 6.30. The van der Waals surface area contributed by atoms with E-state index in [-0.39, 0.29) is 12.6 Å². The summed E-state index contributed by atoms with van der Waals surface area (Å²) in [5.41, 5.74) is -1.77. The van der Waals surface area contributed by atoms with Crippen molar-refractivity contribution in [3.8, 4) is 0 Å². The summed E-state index contributed by atoms with van der Waals surface area (Å²) in [7, 11) is 0. The van der Waals surface area contributed by atoms with E-state index in [1.54, 1.807) is 13.0 Å². The van der Waals surface area contributed by atoms with Gasteiger partial charge in [-0.15, -0.1) is 0 Å². The minimum absolute atomic E-state index is 0.1000. The van der Waals surface area contributed by atoms with Crippen molar-refractivity contribution in [2.45, 2.75) is 39.5 Å². The number of rotatable bonds is 5. The first-order valence-corrected chi connectivity index (χ1v) is 6.30. The van der Waals surface area contributed by atoms with Crippen LogP contribution in [-0.2, 0) is 17.8 Å². The minimum Gasteiger partial charge on any atom is -0.371 e. The van der Waals surface area contributed by atoms with Gasteiger partial charge in [-0.3, -0.25) is 0 Å². The predicted octanol–water partition coefficient (Wildman–Crippen LogP) is -0.529. The highest BCUT2D eigenvalue weighted by molar-refractivity contribution is 5.19. The second-order valence-corrected chi connectivity index (χ2v) is 4.42. The molecule has 0 spiro atoms. The number of allylic oxidation sites excluding steroid dienone is 1. The van der Waals surface area contributed by atoms with Crippen LogP contribution in [0.15, 0.2) is 20.5 Å². The van der Waals surface area contributed by atoms with E-state index in [9.17, 15) is 14.4 Å². The molecule has 0 aliphatic carbocycles. The molecule has 1 aromatic rings. The number of ether oxygens (including phenoxy) is 1. The van der Waals surface area contributed by atoms with Gasteiger partial charge in [-0.05, 0) is 13.3 Å². The highest BCUT2D eigenvalue weighted by Crippen LogP contribution is 2.08. The van der Waals surface area contributed by atoms with E-state index in [1.165, 1.54) is 6.20 Å². The molecule has 0 amide bonds. The van der Waals surface area contributed by atoms with Crippen LogP contribution in [0.1, 0.15) is 20.3 Å². The largest absolute Gasteiger partial charge is 0.371 e. The van der Waals surface area contributed by atoms with Gasteiger partial charge in [0.15, 0.2) is 0 Å². The van der Waals surface area contributed by atoms with E-state index < -0.39 is 17.1 Å². The predicted molar refractivity (Wildman–Crippen MR) is 70.3 cm³/mol. The lowest BCUT2D eigenvalue weighted by Gasteiger charge is -2.10. The zero-order chi connectivity index (χ0) is 14.0. The molecule has 0 aromatic carbocycles. The van der Waals surface area contributed by atoms with Crippen LogP contribution >= 0.6 is 0 Å². The Morgan fingerprint density at radius 1 is 1.21 bits per heavy atom. The summed E-state index contributed by atoms with van der Waals surface area (Å²) < 4.78 is 8.15. The molecule has 0 N–H and O–H groups in total. The van der Waals surface area contributed by atoms with Gasteiger partial charge in [-0.2, -0.15) is 0 Å². The third kappa shape index (κ3) is 2.60. The molecule has 0 radical (unpaired) electrons. The Morgan fingerprint density at radius 3 is 2.37 bits per heavy atom. The molecule has 2 heterocycles. The Kier molecular flexibility index (Phi) is 3.84. The van der Waals surface area contributed by atoms with E-state index in [0.29, 0.717) is 19.6 Å². The fourth-order valence-corrected chi connectivity index (χ4v) is 1.88. The Morgan fingerprint density at radius 2 is 1.84 bits per heavy atom. The fourth-order valence-electron chi connectivity index (χ4n) is 1.88. The Labute approximate surface area is 109 Å². The number of aromatic nitrogens is 3. The van der Waals surface area contributed by atoms with Crippen molar-refractivity contribution < 1.29 is 4.74 Å². The number of hydrogen-bond acceptors (Lipinski definition) is 4. The smallest absolute Gasteiger partial charge is 0.340 e. The maximum Gasteiger partial charge on any atom is 0.340 e. The van der Waals surface area contributed by atoms with Gasteiger partial charge in [0, 0.05) is 12.7 Å². The maximum absolute atomic E-state index is 12.2. The molecule has 104 valence electrons. The Balaban J connectivity index is 2.68. The minimum atomic E-state index is -0.615. The zero-order valence-corrected chi connectivity index (χ0v) is 11.0. The van der Waals surface area contributed by atoms with Crippen LogP contribution in [0.3, 0.4) is 0 Å². The SMILES string of the molecule is C/C=C\n1c(=O)n(CCC)c(=O)n(CC2CO2)c1=O. The monoisotopic (exact) mass is 267 g/mol. The van der Waals surface area contributed by atoms with Crippen molar-refractivity contribution in [1.29, 1.82) is 0 Å². The van der Waals surface area contributed by atoms with Crippen LogP contribution in [0.25, 0.3) is 6.20 Å². The van der Waals surface area contributed by atoms with Crippen LogP contribution < -0.4 is 17.1 Å². The van der Waals surface area contributed by atoms with Crippen LogP contribution in [0.5, 0.6) is 0 Å². The lowest BCUT2D eigenvalue weighted by Crippen LogP contribution is -2.53. The molecule has 1 aliphatic rings. The number of nitrogens with zero attached hydrogens (tertiary/aromatic N) is 3. The molecule has 2 rings (SSSR count). The lowest BCUT2D eigenvalue weighted by molar-refractivity contribution is 0.365. The van der Waals surface area contributed by atoms with Crippen LogP contribution in [0.4, 0.5) is 0 Å². The summed E-state index contributed by atoms with van der Waals surface area (Å²) in [5, 5.41) is 0. The highest BCUT2D eigenvalue weighted by Gasteiger charge is 2.26. The van der Waals surface area contributed by atoms with Gasteiger partial charge in [0.2, 0.25) is 0 Å². The van der Waals surface area contributed by atoms with Gasteiger partial charge in [0.05, 0.1) is 19.3 Å². The topological polar surface area (TPSA) is 78.5 Å². The average molecular weight is 267 g/mol. The van der Waals surface area contributed by atoms with Crippen molar-refractivity contribution in [2.75, 3.05) is 6.61 Å². The average Bonchev–Trinajstić information content (AvgIpc) is 3.20. The van der Waals surface area contributed by atoms with E-state index in [0.717, 1.165) is 13.7 Å². The molecule has 0 saturated carbocycles. The third-order valence-corrected chi connectivity index (χ3v) is 2.87. The molecule has 7 nitrogen and oxygen atoms in total. The van der Waals surface area contributed by atoms with E-state index in [2.05, 4.69) is 0 Å². The molecule has 19 heavy (non-hydrogen) atoms. The van der Waals surface area contributed by atoms with Gasteiger partial charge in [-0.25, -0.2) is 28.1 Å². The molecule has 1 atom stereocenters. The molecule has 1 saturated heterocycles. The summed E-state index contributed by atoms with van der Waals surface area (Å²) in [6, 6.07) is 0. The van der Waals surface area contributed by atoms with Gasteiger partial charge in [-0.1, -0.05) is 13.0 Å². The normalized spacial score (nSPS) is 18.1. The molecule has 7 heteroatoms. The Hall–Kier alpha value is -1.89. The van der Waals surface area contributed by atoms with E-state index >= 15 is 0 Å². The molecular weight excluding hydrogens is 250 g/mol. The highest BCUT2D eigenvalue weighted by atomic mass is 16.6. The second kappa shape index (κ2) is 5.40. The van der Waals surface area contributed by atoms with Crippen molar-refractivity contribution >= 4 is 6.20 Å². The summed E-state index contributed by atoms with van der Waals surface area (Å²) in [6.07, 6.45) is 3.50. The first kappa shape index (κ1) is 13.5. The summed E-state index contributed by atoms with van der Waals surface area (Å²) in [4.78, 5) is 36.4. The van der Waals surface area contributed by atoms with Gasteiger partial charge < -0.3 is 4.74 Å². The van der Waals surface area contributed by atoms with E-state index in [1.807, 2.05) is 6.92 Å². The van der Waals surface area contributed by atoms with Crippen molar-refractivity contribution in [2.24, 2.45) is 0 Å². The van der Waals surface area contributed by atoms with Crippen LogP contribution in [0, 0.1) is 0 Å². The molecule has 1 aliphatic heterocycles. The van der Waals surface area contributed by atoms with Gasteiger partial charge in [0.25, 0.3) is 0 Å². The quantitative estimate of drug-likeness (QED) is 0.672. The number of hydrogen-bond donors (Lipinski definition) is 0. The molecule has 0 bridgehead atoms. The molecule has 1 unspecified atom stereocenters. The fraction of sp³-hybridized carbons (Fsp3) is 0.583. The summed E-state index contributed by atoms with van der Waals surface area (Å²) >= 11 is 0. The zero-order valence-electron chi connectivity index (χ0n) is 11.0. The summed E-state index contributed by atoms with van der Waals surface area (Å²) in [6.45, 7) is 4.60. The second-order valence-electron chi connectivity index (χ2n) is 4.42. The van der Waals surface area contributed by atoms with Crippen molar-refractivity contribution in [3.05, 3.63) is 37.5 Å². The van der Waals surface area contributed by atoms with Crippen molar-refractivity contribution in [3.63, 3.8) is 0 Å². The van der Waals surface area contributed by atoms with Crippen LogP contribution in [0.2, 0.25) is 0 Å². The standard InChI is InChI=1S/C12H17N3O4/c1-3-5-13-10(16)14(6-4-2)12(18)15(11(13)17)7-9-8-19-9/h3,5,9H,4,6-8H2,1-2H3/b5-3-. The van der Waals surface area contributed by atoms with Gasteiger partial charge in [0.1, 0.15) is 0 Å². The number of epoxide rings is 1. The molecule has 1 fully saturated rings. The third-order valence-electron chi connectivity index (χ3n) is 2.87. The molecule has 1 aromatic heterocycles. The summed E-state index contributed by atoms with van der Waals surface area (Å²) in [5.74, 6) is 0. The lowest BCUT2D eigenvalue weighted by atomic mass is 10.4. The molecular formula is C12H17N3O4. The van der Waals surface area contributed by atoms with Gasteiger partial charge >= 0.3 is 17.1 Å². The van der Waals surface area contributed by atoms with E-state index in [4.69, 9.17) is 4.74 Å². The van der Waals surface area contributed by atoms with Crippen molar-refractivity contribution in [1.82, 2.24) is 13.7 Å².